The molecule has 4 rings (SSSR count). The molecular weight excluding hydrogens is 326 g/mol. The van der Waals surface area contributed by atoms with Gasteiger partial charge in [-0.3, -0.25) is 4.79 Å². The average molecular weight is 343 g/mol. The number of fused-ring (bicyclic) bond motifs is 1. The lowest BCUT2D eigenvalue weighted by atomic mass is 9.97. The highest BCUT2D eigenvalue weighted by atomic mass is 16.5. The van der Waals surface area contributed by atoms with Crippen molar-refractivity contribution in [3.05, 3.63) is 76.5 Å². The predicted octanol–water partition coefficient (Wildman–Crippen LogP) is 3.72. The van der Waals surface area contributed by atoms with Gasteiger partial charge in [-0.2, -0.15) is 5.26 Å². The average Bonchev–Trinajstić information content (AvgIpc) is 3.16. The fourth-order valence-corrected chi connectivity index (χ4v) is 3.28. The first-order valence-electron chi connectivity index (χ1n) is 8.48. The highest BCUT2D eigenvalue weighted by Gasteiger charge is 2.26. The van der Waals surface area contributed by atoms with Crippen LogP contribution in [0.5, 0.6) is 0 Å². The van der Waals surface area contributed by atoms with Gasteiger partial charge in [0.25, 0.3) is 5.91 Å². The monoisotopic (exact) mass is 343 g/mol. The van der Waals surface area contributed by atoms with E-state index in [0.717, 1.165) is 23.1 Å². The number of nitriles is 1. The molecule has 0 fully saturated rings. The molecule has 0 N–H and O–H groups in total. The molecule has 2 heterocycles. The molecule has 2 aromatic carbocycles. The van der Waals surface area contributed by atoms with Gasteiger partial charge in [-0.15, -0.1) is 0 Å². The number of amides is 1. The van der Waals surface area contributed by atoms with Gasteiger partial charge < -0.3 is 9.42 Å². The van der Waals surface area contributed by atoms with Gasteiger partial charge in [0.2, 0.25) is 0 Å². The number of aryl methyl sites for hydroxylation is 1. The maximum atomic E-state index is 13.0. The molecule has 0 saturated heterocycles. The molecule has 1 aliphatic heterocycles. The second-order valence-electron chi connectivity index (χ2n) is 6.51. The summed E-state index contributed by atoms with van der Waals surface area (Å²) in [5.41, 5.74) is 5.27. The SMILES string of the molecule is Cc1ccc(-c2oncc2C(=O)N2CCc3ccc(C#N)cc3C2)cc1. The number of carbonyl (C=O) groups is 1. The first kappa shape index (κ1) is 16.1. The molecule has 0 radical (unpaired) electrons. The summed E-state index contributed by atoms with van der Waals surface area (Å²) in [6, 6.07) is 15.6. The molecule has 3 aromatic rings. The van der Waals surface area contributed by atoms with Crippen LogP contribution < -0.4 is 0 Å². The van der Waals surface area contributed by atoms with Crippen LogP contribution in [0.1, 0.15) is 32.6 Å². The number of rotatable bonds is 2. The van der Waals surface area contributed by atoms with E-state index in [-0.39, 0.29) is 5.91 Å². The Labute approximate surface area is 151 Å². The molecule has 5 nitrogen and oxygen atoms in total. The maximum absolute atomic E-state index is 13.0. The second kappa shape index (κ2) is 6.49. The summed E-state index contributed by atoms with van der Waals surface area (Å²) in [5, 5.41) is 12.9. The van der Waals surface area contributed by atoms with Gasteiger partial charge in [-0.25, -0.2) is 0 Å². The van der Waals surface area contributed by atoms with Crippen molar-refractivity contribution in [1.82, 2.24) is 10.1 Å². The van der Waals surface area contributed by atoms with Crippen LogP contribution in [0.25, 0.3) is 11.3 Å². The van der Waals surface area contributed by atoms with Crippen LogP contribution in [0.15, 0.2) is 53.2 Å². The molecule has 1 aliphatic rings. The summed E-state index contributed by atoms with van der Waals surface area (Å²) >= 11 is 0. The van der Waals surface area contributed by atoms with Gasteiger partial charge in [-0.1, -0.05) is 41.1 Å². The minimum absolute atomic E-state index is 0.102. The van der Waals surface area contributed by atoms with Crippen molar-refractivity contribution < 1.29 is 9.32 Å². The zero-order valence-electron chi connectivity index (χ0n) is 14.4. The normalized spacial score (nSPS) is 13.2. The van der Waals surface area contributed by atoms with Crippen LogP contribution in [0, 0.1) is 18.3 Å². The molecular formula is C21H17N3O2. The van der Waals surface area contributed by atoms with Gasteiger partial charge in [0.05, 0.1) is 17.8 Å². The highest BCUT2D eigenvalue weighted by molar-refractivity contribution is 5.99. The third-order valence-electron chi connectivity index (χ3n) is 4.75. The van der Waals surface area contributed by atoms with Gasteiger partial charge in [0.15, 0.2) is 5.76 Å². The number of hydrogen-bond acceptors (Lipinski definition) is 4. The van der Waals surface area contributed by atoms with Crippen molar-refractivity contribution in [2.45, 2.75) is 19.9 Å². The fourth-order valence-electron chi connectivity index (χ4n) is 3.28. The zero-order chi connectivity index (χ0) is 18.1. The molecule has 0 spiro atoms. The number of aromatic nitrogens is 1. The number of carbonyl (C=O) groups excluding carboxylic acids is 1. The Bertz CT molecular complexity index is 1010. The first-order valence-corrected chi connectivity index (χ1v) is 8.48. The zero-order valence-corrected chi connectivity index (χ0v) is 14.4. The van der Waals surface area contributed by atoms with E-state index in [1.54, 1.807) is 4.90 Å². The molecule has 1 aromatic heterocycles. The number of benzene rings is 2. The van der Waals surface area contributed by atoms with Crippen molar-refractivity contribution in [2.24, 2.45) is 0 Å². The van der Waals surface area contributed by atoms with Crippen LogP contribution >= 0.6 is 0 Å². The molecule has 0 bridgehead atoms. The first-order chi connectivity index (χ1) is 12.7. The van der Waals surface area contributed by atoms with E-state index < -0.39 is 0 Å². The van der Waals surface area contributed by atoms with E-state index in [9.17, 15) is 4.79 Å². The lowest BCUT2D eigenvalue weighted by molar-refractivity contribution is 0.0735. The van der Waals surface area contributed by atoms with Gasteiger partial charge >= 0.3 is 0 Å². The third-order valence-corrected chi connectivity index (χ3v) is 4.75. The topological polar surface area (TPSA) is 70.1 Å². The minimum Gasteiger partial charge on any atom is -0.355 e. The Morgan fingerprint density at radius 3 is 2.77 bits per heavy atom. The van der Waals surface area contributed by atoms with Crippen LogP contribution in [0.2, 0.25) is 0 Å². The summed E-state index contributed by atoms with van der Waals surface area (Å²) < 4.78 is 5.37. The van der Waals surface area contributed by atoms with E-state index in [1.165, 1.54) is 11.8 Å². The molecule has 0 unspecified atom stereocenters. The summed E-state index contributed by atoms with van der Waals surface area (Å²) in [4.78, 5) is 14.8. The van der Waals surface area contributed by atoms with Crippen LogP contribution in [0.3, 0.4) is 0 Å². The van der Waals surface area contributed by atoms with E-state index >= 15 is 0 Å². The molecule has 26 heavy (non-hydrogen) atoms. The Kier molecular flexibility index (Phi) is 4.02. The van der Waals surface area contributed by atoms with Crippen molar-refractivity contribution >= 4 is 5.91 Å². The van der Waals surface area contributed by atoms with Gasteiger partial charge in [0, 0.05) is 18.7 Å². The summed E-state index contributed by atoms with van der Waals surface area (Å²) in [6.07, 6.45) is 2.26. The van der Waals surface area contributed by atoms with Crippen LogP contribution in [-0.2, 0) is 13.0 Å². The van der Waals surface area contributed by atoms with Crippen LogP contribution in [0.4, 0.5) is 0 Å². The number of hydrogen-bond donors (Lipinski definition) is 0. The second-order valence-corrected chi connectivity index (χ2v) is 6.51. The van der Waals surface area contributed by atoms with E-state index in [0.29, 0.717) is 30.0 Å². The summed E-state index contributed by atoms with van der Waals surface area (Å²) in [5.74, 6) is 0.390. The minimum atomic E-state index is -0.102. The van der Waals surface area contributed by atoms with Crippen molar-refractivity contribution in [1.29, 1.82) is 5.26 Å². The highest BCUT2D eigenvalue weighted by Crippen LogP contribution is 2.27. The van der Waals surface area contributed by atoms with E-state index in [1.807, 2.05) is 49.4 Å². The van der Waals surface area contributed by atoms with Gasteiger partial charge in [0.1, 0.15) is 5.56 Å². The summed E-state index contributed by atoms with van der Waals surface area (Å²) in [7, 11) is 0. The fraction of sp³-hybridized carbons (Fsp3) is 0.190. The molecule has 128 valence electrons. The van der Waals surface area contributed by atoms with Gasteiger partial charge in [-0.05, 0) is 36.6 Å². The lowest BCUT2D eigenvalue weighted by Gasteiger charge is -2.28. The molecule has 0 atom stereocenters. The summed E-state index contributed by atoms with van der Waals surface area (Å²) in [6.45, 7) is 3.13. The van der Waals surface area contributed by atoms with Crippen molar-refractivity contribution in [2.75, 3.05) is 6.54 Å². The maximum Gasteiger partial charge on any atom is 0.259 e. The Hall–Kier alpha value is -3.39. The van der Waals surface area contributed by atoms with Crippen molar-refractivity contribution in [3.63, 3.8) is 0 Å². The van der Waals surface area contributed by atoms with Crippen LogP contribution in [-0.4, -0.2) is 22.5 Å². The number of nitrogens with zero attached hydrogens (tertiary/aromatic N) is 3. The Balaban J connectivity index is 1.62. The Morgan fingerprint density at radius 2 is 2.00 bits per heavy atom. The van der Waals surface area contributed by atoms with E-state index in [4.69, 9.17) is 9.78 Å². The third kappa shape index (κ3) is 2.86. The Morgan fingerprint density at radius 1 is 1.19 bits per heavy atom. The van der Waals surface area contributed by atoms with Crippen molar-refractivity contribution in [3.8, 4) is 17.4 Å². The quantitative estimate of drug-likeness (QED) is 0.711. The lowest BCUT2D eigenvalue weighted by Crippen LogP contribution is -2.36. The predicted molar refractivity (Wildman–Crippen MR) is 96.3 cm³/mol. The molecule has 5 heteroatoms. The molecule has 0 aliphatic carbocycles. The van der Waals surface area contributed by atoms with E-state index in [2.05, 4.69) is 11.2 Å². The smallest absolute Gasteiger partial charge is 0.259 e. The molecule has 1 amide bonds. The standard InChI is InChI=1S/C21H17N3O2/c1-14-2-5-17(6-3-14)20-19(12-23-26-20)21(25)24-9-8-16-7-4-15(11-22)10-18(16)13-24/h2-7,10,12H,8-9,13H2,1H3. The largest absolute Gasteiger partial charge is 0.355 e. The molecule has 0 saturated carbocycles.